The summed E-state index contributed by atoms with van der Waals surface area (Å²) in [7, 11) is 0. The highest BCUT2D eigenvalue weighted by atomic mass is 79.9. The first-order valence-corrected chi connectivity index (χ1v) is 5.10. The molecule has 0 aliphatic rings. The average molecular weight is 243 g/mol. The highest BCUT2D eigenvalue weighted by Gasteiger charge is 1.96. The summed E-state index contributed by atoms with van der Waals surface area (Å²) in [5.41, 5.74) is 1.64. The van der Waals surface area contributed by atoms with Gasteiger partial charge in [0.15, 0.2) is 0 Å². The van der Waals surface area contributed by atoms with E-state index in [1.54, 1.807) is 6.20 Å². The number of oxime groups is 1. The monoisotopic (exact) mass is 242 g/mol. The maximum absolute atomic E-state index is 5.00. The molecule has 0 bridgehead atoms. The highest BCUT2D eigenvalue weighted by molar-refractivity contribution is 9.09. The van der Waals surface area contributed by atoms with Crippen molar-refractivity contribution in [3.05, 3.63) is 30.1 Å². The fraction of sp³-hybridized carbons (Fsp3) is 0.333. The van der Waals surface area contributed by atoms with E-state index in [4.69, 9.17) is 4.84 Å². The Hall–Kier alpha value is -0.900. The van der Waals surface area contributed by atoms with Crippen molar-refractivity contribution >= 4 is 21.6 Å². The molecule has 3 nitrogen and oxygen atoms in total. The van der Waals surface area contributed by atoms with E-state index in [0.29, 0.717) is 6.61 Å². The van der Waals surface area contributed by atoms with Gasteiger partial charge in [-0.2, -0.15) is 0 Å². The maximum Gasteiger partial charge on any atom is 0.126 e. The third kappa shape index (κ3) is 3.55. The second kappa shape index (κ2) is 5.70. The number of hydrogen-bond acceptors (Lipinski definition) is 3. The zero-order valence-corrected chi connectivity index (χ0v) is 8.99. The van der Waals surface area contributed by atoms with Gasteiger partial charge in [0, 0.05) is 11.5 Å². The van der Waals surface area contributed by atoms with Gasteiger partial charge in [0.05, 0.1) is 5.69 Å². The average Bonchev–Trinajstić information content (AvgIpc) is 2.19. The van der Waals surface area contributed by atoms with Crippen LogP contribution in [0.15, 0.2) is 29.6 Å². The van der Waals surface area contributed by atoms with Crippen molar-refractivity contribution in [2.75, 3.05) is 11.9 Å². The molecule has 0 aromatic carbocycles. The van der Waals surface area contributed by atoms with Crippen LogP contribution in [0.2, 0.25) is 0 Å². The largest absolute Gasteiger partial charge is 0.395 e. The van der Waals surface area contributed by atoms with Crippen LogP contribution >= 0.6 is 15.9 Å². The van der Waals surface area contributed by atoms with Crippen LogP contribution in [-0.2, 0) is 4.84 Å². The van der Waals surface area contributed by atoms with Gasteiger partial charge >= 0.3 is 0 Å². The lowest BCUT2D eigenvalue weighted by Gasteiger charge is -1.98. The topological polar surface area (TPSA) is 34.5 Å². The Bertz CT molecular complexity index is 274. The summed E-state index contributed by atoms with van der Waals surface area (Å²) >= 11 is 3.25. The van der Waals surface area contributed by atoms with Crippen LogP contribution in [0.25, 0.3) is 0 Å². The molecule has 70 valence electrons. The van der Waals surface area contributed by atoms with E-state index in [1.165, 1.54) is 0 Å². The van der Waals surface area contributed by atoms with Crippen LogP contribution < -0.4 is 0 Å². The highest BCUT2D eigenvalue weighted by Crippen LogP contribution is 1.96. The summed E-state index contributed by atoms with van der Waals surface area (Å²) in [5.74, 6) is 0. The second-order valence-electron chi connectivity index (χ2n) is 2.41. The molecule has 4 heteroatoms. The van der Waals surface area contributed by atoms with Gasteiger partial charge in [-0.05, 0) is 19.1 Å². The van der Waals surface area contributed by atoms with E-state index >= 15 is 0 Å². The number of halogens is 1. The number of hydrogen-bond donors (Lipinski definition) is 0. The molecule has 0 unspecified atom stereocenters. The zero-order valence-electron chi connectivity index (χ0n) is 7.40. The zero-order chi connectivity index (χ0) is 9.52. The summed E-state index contributed by atoms with van der Waals surface area (Å²) < 4.78 is 0. The minimum absolute atomic E-state index is 0.574. The molecule has 1 aromatic rings. The van der Waals surface area contributed by atoms with Gasteiger partial charge in [0.2, 0.25) is 0 Å². The molecule has 1 aromatic heterocycles. The lowest BCUT2D eigenvalue weighted by atomic mass is 10.3. The number of aromatic nitrogens is 1. The number of rotatable bonds is 4. The van der Waals surface area contributed by atoms with Gasteiger partial charge in [-0.3, -0.25) is 4.98 Å². The van der Waals surface area contributed by atoms with Crippen LogP contribution in [0.3, 0.4) is 0 Å². The summed E-state index contributed by atoms with van der Waals surface area (Å²) in [5, 5.41) is 4.69. The fourth-order valence-electron chi connectivity index (χ4n) is 0.801. The molecule has 0 radical (unpaired) electrons. The first-order chi connectivity index (χ1) is 6.34. The lowest BCUT2D eigenvalue weighted by molar-refractivity contribution is 0.162. The summed E-state index contributed by atoms with van der Waals surface area (Å²) in [4.78, 5) is 9.13. The van der Waals surface area contributed by atoms with Gasteiger partial charge in [-0.25, -0.2) is 0 Å². The smallest absolute Gasteiger partial charge is 0.126 e. The third-order valence-corrected chi connectivity index (χ3v) is 1.73. The van der Waals surface area contributed by atoms with E-state index in [9.17, 15) is 0 Å². The SMILES string of the molecule is C/C(=N\OCCBr)c1ccccn1. The minimum atomic E-state index is 0.574. The van der Waals surface area contributed by atoms with Crippen LogP contribution in [-0.4, -0.2) is 22.6 Å². The molecule has 0 aliphatic heterocycles. The Morgan fingerprint density at radius 1 is 1.62 bits per heavy atom. The van der Waals surface area contributed by atoms with E-state index in [2.05, 4.69) is 26.1 Å². The predicted octanol–water partition coefficient (Wildman–Crippen LogP) is 2.22. The van der Waals surface area contributed by atoms with Gasteiger partial charge in [0.1, 0.15) is 12.3 Å². The molecular formula is C9H11BrN2O. The van der Waals surface area contributed by atoms with Gasteiger partial charge in [-0.1, -0.05) is 27.2 Å². The van der Waals surface area contributed by atoms with Gasteiger partial charge < -0.3 is 4.84 Å². The first kappa shape index (κ1) is 10.2. The second-order valence-corrected chi connectivity index (χ2v) is 3.21. The molecule has 0 fully saturated rings. The van der Waals surface area contributed by atoms with E-state index in [-0.39, 0.29) is 0 Å². The Morgan fingerprint density at radius 3 is 3.08 bits per heavy atom. The molecule has 0 saturated heterocycles. The van der Waals surface area contributed by atoms with E-state index in [0.717, 1.165) is 16.7 Å². The van der Waals surface area contributed by atoms with Gasteiger partial charge in [-0.15, -0.1) is 0 Å². The number of nitrogens with zero attached hydrogens (tertiary/aromatic N) is 2. The van der Waals surface area contributed by atoms with Crippen LogP contribution in [0, 0.1) is 0 Å². The Labute approximate surface area is 85.9 Å². The maximum atomic E-state index is 5.00. The van der Waals surface area contributed by atoms with Crippen molar-refractivity contribution < 1.29 is 4.84 Å². The predicted molar refractivity (Wildman–Crippen MR) is 56.2 cm³/mol. The molecule has 0 spiro atoms. The summed E-state index contributed by atoms with van der Waals surface area (Å²) in [6.07, 6.45) is 1.73. The molecule has 0 atom stereocenters. The van der Waals surface area contributed by atoms with E-state index in [1.807, 2.05) is 25.1 Å². The Kier molecular flexibility index (Phi) is 4.46. The van der Waals surface area contributed by atoms with Crippen molar-refractivity contribution in [3.8, 4) is 0 Å². The van der Waals surface area contributed by atoms with Crippen molar-refractivity contribution in [3.63, 3.8) is 0 Å². The summed E-state index contributed by atoms with van der Waals surface area (Å²) in [6, 6.07) is 5.69. The standard InChI is InChI=1S/C9H11BrN2O/c1-8(12-13-7-5-10)9-4-2-3-6-11-9/h2-4,6H,5,7H2,1H3/b12-8+. The fourth-order valence-corrected chi connectivity index (χ4v) is 0.945. The van der Waals surface area contributed by atoms with Crippen molar-refractivity contribution in [1.82, 2.24) is 4.98 Å². The molecular weight excluding hydrogens is 232 g/mol. The van der Waals surface area contributed by atoms with Crippen LogP contribution in [0.5, 0.6) is 0 Å². The summed E-state index contributed by atoms with van der Waals surface area (Å²) in [6.45, 7) is 2.45. The van der Waals surface area contributed by atoms with Gasteiger partial charge in [0.25, 0.3) is 0 Å². The lowest BCUT2D eigenvalue weighted by Crippen LogP contribution is -1.99. The van der Waals surface area contributed by atoms with Crippen molar-refractivity contribution in [1.29, 1.82) is 0 Å². The normalized spacial score (nSPS) is 11.4. The molecule has 1 heterocycles. The molecule has 1 rings (SSSR count). The van der Waals surface area contributed by atoms with Crippen molar-refractivity contribution in [2.24, 2.45) is 5.16 Å². The first-order valence-electron chi connectivity index (χ1n) is 3.98. The van der Waals surface area contributed by atoms with Crippen molar-refractivity contribution in [2.45, 2.75) is 6.92 Å². The Morgan fingerprint density at radius 2 is 2.46 bits per heavy atom. The van der Waals surface area contributed by atoms with Crippen LogP contribution in [0.1, 0.15) is 12.6 Å². The molecule has 0 saturated carbocycles. The molecule has 0 amide bonds. The minimum Gasteiger partial charge on any atom is -0.395 e. The molecule has 13 heavy (non-hydrogen) atoms. The third-order valence-electron chi connectivity index (χ3n) is 1.41. The Balaban J connectivity index is 2.57. The van der Waals surface area contributed by atoms with E-state index < -0.39 is 0 Å². The number of pyridine rings is 1. The molecule has 0 N–H and O–H groups in total. The quantitative estimate of drug-likeness (QED) is 0.351. The molecule has 0 aliphatic carbocycles. The van der Waals surface area contributed by atoms with Crippen LogP contribution in [0.4, 0.5) is 0 Å². The number of alkyl halides is 1.